The molecular formula is C55H59N16O15+. The summed E-state index contributed by atoms with van der Waals surface area (Å²) < 4.78 is 29.0. The number of nitrogens with two attached hydrogens (primary N) is 1. The number of hydrogen-bond acceptors (Lipinski definition) is 23. The molecule has 4 fully saturated rings. The van der Waals surface area contributed by atoms with Crippen molar-refractivity contribution in [2.45, 2.75) is 99.6 Å². The molecule has 0 amide bonds. The zero-order chi connectivity index (χ0) is 62.4. The number of rotatable bonds is 8. The van der Waals surface area contributed by atoms with Gasteiger partial charge in [-0.25, -0.2) is 29.9 Å². The largest absolute Gasteiger partial charge is 0.436 e. The van der Waals surface area contributed by atoms with Crippen LogP contribution in [0.25, 0.3) is 49.5 Å². The summed E-state index contributed by atoms with van der Waals surface area (Å²) in [4.78, 5) is 71.9. The Hall–Kier alpha value is -9.21. The molecule has 16 atom stereocenters. The number of nitriles is 1. The van der Waals surface area contributed by atoms with Crippen LogP contribution in [0.1, 0.15) is 51.5 Å². The summed E-state index contributed by atoms with van der Waals surface area (Å²) in [5.41, 5.74) is 2.27. The number of aliphatic hydroxyl groups is 8. The van der Waals surface area contributed by atoms with Gasteiger partial charge in [0.05, 0.1) is 56.9 Å². The number of imidazole rings is 4. The second kappa shape index (κ2) is 23.7. The van der Waals surface area contributed by atoms with Gasteiger partial charge < -0.3 is 75.7 Å². The molecule has 8 aromatic heterocycles. The van der Waals surface area contributed by atoms with Gasteiger partial charge in [-0.3, -0.25) is 37.4 Å². The molecule has 0 bridgehead atoms. The average molecular weight is 1180 g/mol. The van der Waals surface area contributed by atoms with Gasteiger partial charge >= 0.3 is 5.72 Å². The number of ether oxygens (including phenoxy) is 4. The van der Waals surface area contributed by atoms with Crippen LogP contribution in [0.3, 0.4) is 0 Å². The highest BCUT2D eigenvalue weighted by atomic mass is 16.6. The van der Waals surface area contributed by atoms with Gasteiger partial charge in [-0.2, -0.15) is 5.26 Å². The fourth-order valence-corrected chi connectivity index (χ4v) is 10.8. The fraction of sp³-hybridized carbons (Fsp3) is 0.436. The lowest BCUT2D eigenvalue weighted by atomic mass is 9.92. The van der Waals surface area contributed by atoms with E-state index in [9.17, 15) is 60.5 Å². The van der Waals surface area contributed by atoms with E-state index in [2.05, 4.69) is 67.5 Å². The molecule has 0 saturated carbocycles. The van der Waals surface area contributed by atoms with Crippen molar-refractivity contribution in [3.8, 4) is 49.7 Å². The molecule has 0 radical (unpaired) electrons. The molecule has 0 spiro atoms. The SMILES string of the molecule is C#C[C@]1(CO)O[C@@H](n2cnc3c(=O)[nH]c(C)nc32)[C@@H](C)[C@@H]1O.C#C[C@]1(CO)O[C@@H](n2cnc3c(=O)cc[nH]c32)[C@@H](C)[C@@H]1O.C#C[C@]1(CO)O[C@@H](n2cnc3c(N)ccnc32)[C@@H](C)[C@@H]1O.C#[N+][C@]1(CO)O[C@@H](n2cnc3c(=O)cc[nH]c32)[C@@H](C#N)[C@@H]1O. The number of terminal acetylenes is 3. The first-order valence-electron chi connectivity index (χ1n) is 26.3. The number of anilines is 1. The highest BCUT2D eigenvalue weighted by Crippen LogP contribution is 2.46. The highest BCUT2D eigenvalue weighted by Gasteiger charge is 2.64. The van der Waals surface area contributed by atoms with Crippen molar-refractivity contribution in [1.82, 2.24) is 63.1 Å². The molecule has 12 rings (SSSR count). The van der Waals surface area contributed by atoms with E-state index in [1.54, 1.807) is 60.0 Å². The summed E-state index contributed by atoms with van der Waals surface area (Å²) in [6.45, 7) is 10.0. The van der Waals surface area contributed by atoms with Gasteiger partial charge in [0.15, 0.2) is 63.6 Å². The second-order valence-electron chi connectivity index (χ2n) is 20.8. The van der Waals surface area contributed by atoms with E-state index in [1.807, 2.05) is 6.07 Å². The first-order chi connectivity index (χ1) is 41.1. The minimum absolute atomic E-state index is 0.170. The number of aromatic amines is 3. The van der Waals surface area contributed by atoms with Gasteiger partial charge in [0.25, 0.3) is 12.1 Å². The Morgan fingerprint density at radius 2 is 1.05 bits per heavy atom. The van der Waals surface area contributed by atoms with Gasteiger partial charge in [-0.05, 0) is 17.8 Å². The molecule has 0 aliphatic carbocycles. The van der Waals surface area contributed by atoms with E-state index in [-0.39, 0.29) is 44.8 Å². The second-order valence-corrected chi connectivity index (χ2v) is 20.8. The molecule has 8 aromatic rings. The molecule has 4 aliphatic heterocycles. The highest BCUT2D eigenvalue weighted by molar-refractivity contribution is 5.83. The number of nitrogen functional groups attached to an aromatic ring is 1. The summed E-state index contributed by atoms with van der Waals surface area (Å²) in [6.07, 6.45) is 19.1. The molecule has 4 aliphatic rings. The van der Waals surface area contributed by atoms with Gasteiger partial charge in [0.1, 0.15) is 65.5 Å². The topological polar surface area (TPSA) is 449 Å². The van der Waals surface area contributed by atoms with Crippen molar-refractivity contribution in [2.24, 2.45) is 23.7 Å². The molecule has 86 heavy (non-hydrogen) atoms. The van der Waals surface area contributed by atoms with Crippen molar-refractivity contribution in [3.63, 3.8) is 0 Å². The van der Waals surface area contributed by atoms with Crippen molar-refractivity contribution in [3.05, 3.63) is 104 Å². The normalized spacial score (nSPS) is 31.8. The third-order valence-corrected chi connectivity index (χ3v) is 15.8. The lowest BCUT2D eigenvalue weighted by molar-refractivity contribution is -0.0972. The summed E-state index contributed by atoms with van der Waals surface area (Å²) in [6, 6.07) is 6.27. The Morgan fingerprint density at radius 3 is 1.48 bits per heavy atom. The Kier molecular flexibility index (Phi) is 16.9. The van der Waals surface area contributed by atoms with Gasteiger partial charge in [-0.1, -0.05) is 38.5 Å². The van der Waals surface area contributed by atoms with Gasteiger partial charge in [0.2, 0.25) is 10.9 Å². The van der Waals surface area contributed by atoms with E-state index in [4.69, 9.17) is 50.5 Å². The van der Waals surface area contributed by atoms with Crippen LogP contribution >= 0.6 is 0 Å². The number of nitrogens with zero attached hydrogens (tertiary/aromatic N) is 12. The van der Waals surface area contributed by atoms with E-state index in [1.165, 1.54) is 48.1 Å². The predicted molar refractivity (Wildman–Crippen MR) is 301 cm³/mol. The van der Waals surface area contributed by atoms with Gasteiger partial charge in [0, 0.05) is 48.5 Å². The van der Waals surface area contributed by atoms with Crippen LogP contribution in [-0.4, -0.2) is 177 Å². The summed E-state index contributed by atoms with van der Waals surface area (Å²) in [5, 5.41) is 88.3. The van der Waals surface area contributed by atoms with Crippen molar-refractivity contribution in [2.75, 3.05) is 32.2 Å². The van der Waals surface area contributed by atoms with E-state index < -0.39 is 110 Å². The summed E-state index contributed by atoms with van der Waals surface area (Å²) in [5.74, 6) is 5.27. The molecule has 4 saturated heterocycles. The third-order valence-electron chi connectivity index (χ3n) is 15.8. The smallest absolute Gasteiger partial charge is 0.397 e. The van der Waals surface area contributed by atoms with Crippen LogP contribution in [0.15, 0.2) is 76.5 Å². The maximum Gasteiger partial charge on any atom is 0.436 e. The number of aromatic nitrogens is 13. The Morgan fingerprint density at radius 1 is 0.616 bits per heavy atom. The first-order valence-corrected chi connectivity index (χ1v) is 26.3. The fourth-order valence-electron chi connectivity index (χ4n) is 10.8. The standard InChI is InChI=1S/C14H16N4O4.C14H16N4O3.C14H15N3O4.C13H11N5O4/c1-4-14(5-19)10(20)7(2)13(22-14)18-6-15-9-11(18)16-8(3)17-12(9)21;1-3-14(6-19)11(20)8(2)13(21-14)18-7-17-10-9(15)4-5-16-12(10)18;1-3-14(6-18)11(20)8(2)13(21-14)17-7-16-10-9(19)4-5-15-12(10)17;1-15-13(5-19)10(21)7(4-14)12(22-13)18-6-17-9-8(20)2-3-16-11(9)18/h1,6-7,10,13,19-20H,5H2,2-3H3,(H,16,17,21);1,4-5,7-8,11,13,19-20H,6H2,2H3,(H2,15,16);1,4-5,7-8,11,13,18,20H,6H2,2H3,(H,15,19);1-3,6-7,10,12,19,21H,5H2/p+1/t7-,10-,13+,14+;2*8-,11-,13+,14+;7-,10-,12+,13+/m0000/s1. The Labute approximate surface area is 485 Å². The summed E-state index contributed by atoms with van der Waals surface area (Å²) >= 11 is 0. The number of pyridine rings is 3. The molecule has 13 N–H and O–H groups in total. The summed E-state index contributed by atoms with van der Waals surface area (Å²) in [7, 11) is 0. The number of hydrogen-bond donors (Lipinski definition) is 12. The third kappa shape index (κ3) is 9.90. The van der Waals surface area contributed by atoms with E-state index in [0.717, 1.165) is 0 Å². The van der Waals surface area contributed by atoms with Crippen LogP contribution < -0.4 is 22.2 Å². The lowest BCUT2D eigenvalue weighted by Gasteiger charge is -2.23. The zero-order valence-corrected chi connectivity index (χ0v) is 46.2. The Bertz CT molecular complexity index is 4250. The van der Waals surface area contributed by atoms with Crippen LogP contribution in [-0.2, 0) is 18.9 Å². The minimum atomic E-state index is -1.79. The van der Waals surface area contributed by atoms with Crippen LogP contribution in [0, 0.1) is 85.5 Å². The Balaban J connectivity index is 0.000000137. The minimum Gasteiger partial charge on any atom is -0.397 e. The van der Waals surface area contributed by atoms with Crippen LogP contribution in [0.4, 0.5) is 5.69 Å². The maximum absolute atomic E-state index is 11.9. The molecule has 31 heteroatoms. The lowest BCUT2D eigenvalue weighted by Crippen LogP contribution is -2.43. The number of fused-ring (bicyclic) bond motifs is 4. The molecule has 0 unspecified atom stereocenters. The number of nitrogens with one attached hydrogen (secondary N) is 3. The predicted octanol–water partition coefficient (Wildman–Crippen LogP) is -1.76. The van der Waals surface area contributed by atoms with Crippen molar-refractivity contribution in [1.29, 1.82) is 5.26 Å². The van der Waals surface area contributed by atoms with Crippen molar-refractivity contribution < 1.29 is 59.8 Å². The van der Waals surface area contributed by atoms with Gasteiger partial charge in [-0.15, -0.1) is 19.3 Å². The molecular weight excluding hydrogens is 1120 g/mol. The monoisotopic (exact) mass is 1180 g/mol. The molecule has 448 valence electrons. The maximum atomic E-state index is 11.9. The molecule has 12 heterocycles. The van der Waals surface area contributed by atoms with E-state index in [0.29, 0.717) is 39.6 Å². The van der Waals surface area contributed by atoms with E-state index >= 15 is 0 Å². The molecule has 31 nitrogen and oxygen atoms in total. The van der Waals surface area contributed by atoms with Crippen molar-refractivity contribution >= 4 is 50.3 Å². The number of H-pyrrole nitrogens is 3. The first kappa shape index (κ1) is 61.4. The van der Waals surface area contributed by atoms with Crippen LogP contribution in [0.5, 0.6) is 0 Å². The zero-order valence-electron chi connectivity index (χ0n) is 46.2. The van der Waals surface area contributed by atoms with Crippen LogP contribution in [0.2, 0.25) is 0 Å². The number of aliphatic hydroxyl groups excluding tert-OH is 8. The molecule has 0 aromatic carbocycles. The average Bonchev–Trinajstić information content (AvgIpc) is 2.14. The quantitative estimate of drug-likeness (QED) is 0.0750. The number of aryl methyl sites for hydroxylation is 1.